The van der Waals surface area contributed by atoms with Gasteiger partial charge in [-0.2, -0.15) is 0 Å². The molecule has 10 aromatic rings. The van der Waals surface area contributed by atoms with Crippen molar-refractivity contribution in [1.29, 1.82) is 0 Å². The summed E-state index contributed by atoms with van der Waals surface area (Å²) in [6.45, 7) is 0. The number of aromatic nitrogens is 1. The average Bonchev–Trinajstić information content (AvgIpc) is 3.90. The van der Waals surface area contributed by atoms with Crippen LogP contribution in [-0.4, -0.2) is 4.98 Å². The van der Waals surface area contributed by atoms with Crippen molar-refractivity contribution in [2.24, 2.45) is 0 Å². The Hall–Kier alpha value is -6.17. The van der Waals surface area contributed by atoms with Crippen molar-refractivity contribution >= 4 is 83.0 Å². The lowest BCUT2D eigenvalue weighted by Crippen LogP contribution is -2.09. The van der Waals surface area contributed by atoms with Gasteiger partial charge in [-0.3, -0.25) is 0 Å². The van der Waals surface area contributed by atoms with Crippen LogP contribution >= 0.6 is 11.3 Å². The molecule has 0 saturated heterocycles. The minimum atomic E-state index is 0.854. The lowest BCUT2D eigenvalue weighted by molar-refractivity contribution is 0.669. The molecule has 0 unspecified atom stereocenters. The third kappa shape index (κ3) is 3.68. The van der Waals surface area contributed by atoms with Gasteiger partial charge < -0.3 is 13.7 Å². The van der Waals surface area contributed by atoms with E-state index in [0.717, 1.165) is 77.2 Å². The minimum Gasteiger partial charge on any atom is -0.456 e. The topological polar surface area (TPSA) is 42.4 Å². The molecule has 1 aliphatic rings. The van der Waals surface area contributed by atoms with Gasteiger partial charge in [0.25, 0.3) is 0 Å². The van der Waals surface area contributed by atoms with E-state index >= 15 is 0 Å². The maximum absolute atomic E-state index is 6.33. The second kappa shape index (κ2) is 9.67. The molecule has 0 bridgehead atoms. The van der Waals surface area contributed by atoms with E-state index in [2.05, 4.69) is 126 Å². The van der Waals surface area contributed by atoms with Crippen molar-refractivity contribution in [1.82, 2.24) is 4.98 Å². The first-order valence-electron chi connectivity index (χ1n) is 16.0. The normalized spacial score (nSPS) is 12.2. The molecule has 4 nitrogen and oxygen atoms in total. The van der Waals surface area contributed by atoms with Crippen molar-refractivity contribution in [3.05, 3.63) is 146 Å². The number of thiazole rings is 1. The van der Waals surface area contributed by atoms with Crippen molar-refractivity contribution in [3.8, 4) is 32.3 Å². The zero-order valence-electron chi connectivity index (χ0n) is 25.5. The maximum Gasteiger partial charge on any atom is 0.137 e. The quantitative estimate of drug-likeness (QED) is 0.194. The zero-order chi connectivity index (χ0) is 31.3. The Kier molecular flexibility index (Phi) is 5.23. The highest BCUT2D eigenvalue weighted by atomic mass is 32.1. The van der Waals surface area contributed by atoms with E-state index in [0.29, 0.717) is 0 Å². The van der Waals surface area contributed by atoms with Gasteiger partial charge in [0.15, 0.2) is 0 Å². The van der Waals surface area contributed by atoms with E-state index < -0.39 is 0 Å². The van der Waals surface area contributed by atoms with Crippen molar-refractivity contribution in [3.63, 3.8) is 0 Å². The summed E-state index contributed by atoms with van der Waals surface area (Å²) in [5.41, 5.74) is 11.2. The number of nitrogens with zero attached hydrogens (tertiary/aromatic N) is 2. The highest BCUT2D eigenvalue weighted by molar-refractivity contribution is 7.19. The summed E-state index contributed by atoms with van der Waals surface area (Å²) in [7, 11) is 0. The van der Waals surface area contributed by atoms with Gasteiger partial charge in [0.2, 0.25) is 0 Å². The monoisotopic (exact) mass is 632 g/mol. The molecule has 0 N–H and O–H groups in total. The first-order chi connectivity index (χ1) is 23.8. The summed E-state index contributed by atoms with van der Waals surface area (Å²) in [5, 5.41) is 8.05. The molecule has 0 saturated carbocycles. The molecule has 3 aromatic heterocycles. The molecule has 48 heavy (non-hydrogen) atoms. The molecule has 0 aliphatic heterocycles. The van der Waals surface area contributed by atoms with Gasteiger partial charge in [0, 0.05) is 67.4 Å². The number of furan rings is 2. The van der Waals surface area contributed by atoms with Crippen LogP contribution in [0.1, 0.15) is 0 Å². The molecule has 7 aromatic carbocycles. The molecule has 0 amide bonds. The number of anilines is 3. The number of hydrogen-bond donors (Lipinski definition) is 0. The van der Waals surface area contributed by atoms with Crippen LogP contribution in [0, 0.1) is 0 Å². The van der Waals surface area contributed by atoms with Crippen LogP contribution in [0.15, 0.2) is 154 Å². The van der Waals surface area contributed by atoms with Gasteiger partial charge in [-0.1, -0.05) is 72.8 Å². The maximum atomic E-state index is 6.33. The standard InChI is InChI=1S/C43H24N2O2S/c1-3-13-36-30(9-1)32-21-19-28(23-38(32)46-36)45(29-20-22-33-31-10-2-4-14-37(31)47-39(33)24-29)27-17-15-26(16-18-27)43-44-41-34-11-5-7-25-8-6-12-35(40(25)34)42(41)48-43/h1-24H. The fourth-order valence-electron chi connectivity index (χ4n) is 7.44. The first-order valence-corrected chi connectivity index (χ1v) is 16.8. The van der Waals surface area contributed by atoms with E-state index in [4.69, 9.17) is 13.8 Å². The van der Waals surface area contributed by atoms with Crippen LogP contribution in [0.2, 0.25) is 0 Å². The van der Waals surface area contributed by atoms with Crippen molar-refractivity contribution < 1.29 is 8.83 Å². The SMILES string of the molecule is c1cc2c3c(cccc3c1)-c1sc(-c3ccc(N(c4ccc5c(c4)oc4ccccc45)c4ccc5c(c4)oc4ccccc45)cc3)nc1-2. The third-order valence-corrected chi connectivity index (χ3v) is 10.8. The van der Waals surface area contributed by atoms with Gasteiger partial charge in [0.1, 0.15) is 27.3 Å². The van der Waals surface area contributed by atoms with Crippen LogP contribution < -0.4 is 4.90 Å². The Morgan fingerprint density at radius 3 is 1.69 bits per heavy atom. The lowest BCUT2D eigenvalue weighted by Gasteiger charge is -2.25. The van der Waals surface area contributed by atoms with E-state index in [-0.39, 0.29) is 0 Å². The molecule has 0 radical (unpaired) electrons. The number of hydrogen-bond acceptors (Lipinski definition) is 5. The second-order valence-corrected chi connectivity index (χ2v) is 13.3. The number of para-hydroxylation sites is 2. The Morgan fingerprint density at radius 1 is 0.479 bits per heavy atom. The van der Waals surface area contributed by atoms with Gasteiger partial charge in [0.05, 0.1) is 10.6 Å². The van der Waals surface area contributed by atoms with Gasteiger partial charge in [-0.25, -0.2) is 4.98 Å². The van der Waals surface area contributed by atoms with Crippen LogP contribution in [0.25, 0.3) is 86.9 Å². The molecule has 5 heteroatoms. The number of benzene rings is 7. The van der Waals surface area contributed by atoms with Crippen LogP contribution in [-0.2, 0) is 0 Å². The Labute approximate surface area is 278 Å². The molecule has 11 rings (SSSR count). The predicted molar refractivity (Wildman–Crippen MR) is 199 cm³/mol. The molecular formula is C43H24N2O2S. The highest BCUT2D eigenvalue weighted by Gasteiger charge is 2.26. The summed E-state index contributed by atoms with van der Waals surface area (Å²) in [4.78, 5) is 8.70. The molecular weight excluding hydrogens is 609 g/mol. The number of fused-ring (bicyclic) bond motifs is 9. The van der Waals surface area contributed by atoms with Gasteiger partial charge in [-0.15, -0.1) is 11.3 Å². The van der Waals surface area contributed by atoms with Crippen LogP contribution in [0.4, 0.5) is 17.1 Å². The smallest absolute Gasteiger partial charge is 0.137 e. The van der Waals surface area contributed by atoms with Crippen molar-refractivity contribution in [2.45, 2.75) is 0 Å². The summed E-state index contributed by atoms with van der Waals surface area (Å²) in [6, 6.07) is 51.1. The summed E-state index contributed by atoms with van der Waals surface area (Å²) < 4.78 is 12.7. The molecule has 1 aliphatic carbocycles. The van der Waals surface area contributed by atoms with Crippen LogP contribution in [0.5, 0.6) is 0 Å². The summed E-state index contributed by atoms with van der Waals surface area (Å²) in [5.74, 6) is 0. The highest BCUT2D eigenvalue weighted by Crippen LogP contribution is 2.51. The molecule has 0 fully saturated rings. The zero-order valence-corrected chi connectivity index (χ0v) is 26.3. The van der Waals surface area contributed by atoms with E-state index in [9.17, 15) is 0 Å². The van der Waals surface area contributed by atoms with E-state index in [1.54, 1.807) is 11.3 Å². The Morgan fingerprint density at radius 2 is 1.04 bits per heavy atom. The summed E-state index contributed by atoms with van der Waals surface area (Å²) >= 11 is 1.77. The predicted octanol–water partition coefficient (Wildman–Crippen LogP) is 12.9. The largest absolute Gasteiger partial charge is 0.456 e. The number of rotatable bonds is 4. The second-order valence-electron chi connectivity index (χ2n) is 12.3. The Balaban J connectivity index is 1.04. The fraction of sp³-hybridized carbons (Fsp3) is 0. The van der Waals surface area contributed by atoms with E-state index in [1.165, 1.54) is 26.8 Å². The molecule has 0 spiro atoms. The van der Waals surface area contributed by atoms with Crippen LogP contribution in [0.3, 0.4) is 0 Å². The molecule has 0 atom stereocenters. The Bertz CT molecular complexity index is 2740. The lowest BCUT2D eigenvalue weighted by atomic mass is 10.0. The van der Waals surface area contributed by atoms with E-state index in [1.807, 2.05) is 24.3 Å². The summed E-state index contributed by atoms with van der Waals surface area (Å²) in [6.07, 6.45) is 0. The first kappa shape index (κ1) is 26.0. The van der Waals surface area contributed by atoms with Gasteiger partial charge >= 0.3 is 0 Å². The molecule has 224 valence electrons. The fourth-order valence-corrected chi connectivity index (χ4v) is 8.56. The molecule has 3 heterocycles. The van der Waals surface area contributed by atoms with Gasteiger partial charge in [-0.05, 0) is 71.4 Å². The van der Waals surface area contributed by atoms with Crippen molar-refractivity contribution in [2.75, 3.05) is 4.90 Å². The average molecular weight is 633 g/mol. The third-order valence-electron chi connectivity index (χ3n) is 9.65. The minimum absolute atomic E-state index is 0.854.